The van der Waals surface area contributed by atoms with Gasteiger partial charge in [-0.2, -0.15) is 0 Å². The van der Waals surface area contributed by atoms with Crippen LogP contribution in [0.15, 0.2) is 53.4 Å². The smallest absolute Gasteiger partial charge is 0.305 e. The van der Waals surface area contributed by atoms with Gasteiger partial charge in [-0.05, 0) is 67.5 Å². The first-order valence-corrected chi connectivity index (χ1v) is 15.6. The number of carbonyl (C=O) groups is 1. The van der Waals surface area contributed by atoms with Crippen LogP contribution in [0.5, 0.6) is 0 Å². The molecular formula is C31H45NO5S. The molecule has 0 aliphatic heterocycles. The van der Waals surface area contributed by atoms with Crippen molar-refractivity contribution in [3.8, 4) is 0 Å². The quantitative estimate of drug-likeness (QED) is 0.123. The first-order valence-electron chi connectivity index (χ1n) is 13.9. The Morgan fingerprint density at radius 3 is 2.08 bits per heavy atom. The number of rotatable bonds is 19. The number of hydrogen-bond donors (Lipinski definition) is 1. The first kappa shape index (κ1) is 31.6. The summed E-state index contributed by atoms with van der Waals surface area (Å²) in [7, 11) is -1.20. The van der Waals surface area contributed by atoms with E-state index in [1.54, 1.807) is 12.1 Å². The molecule has 0 aliphatic carbocycles. The maximum atomic E-state index is 12.5. The van der Waals surface area contributed by atoms with E-state index < -0.39 is 9.84 Å². The Labute approximate surface area is 229 Å². The SMILES string of the molecule is CCCCOC(=O)CCCCCN(C)c1ccc(C=Cc2ccc(S(=O)(=O)CCCCCCO)cc2)cc1. The number of aliphatic hydroxyl groups excluding tert-OH is 1. The van der Waals surface area contributed by atoms with Crippen LogP contribution in [0.4, 0.5) is 5.69 Å². The first-order chi connectivity index (χ1) is 18.4. The number of unbranched alkanes of at least 4 members (excludes halogenated alkanes) is 6. The molecule has 1 N–H and O–H groups in total. The second kappa shape index (κ2) is 17.8. The van der Waals surface area contributed by atoms with Crippen LogP contribution in [-0.4, -0.2) is 52.1 Å². The van der Waals surface area contributed by atoms with Gasteiger partial charge in [-0.1, -0.05) is 69.0 Å². The minimum atomic E-state index is -3.27. The summed E-state index contributed by atoms with van der Waals surface area (Å²) in [6.45, 7) is 3.70. The summed E-state index contributed by atoms with van der Waals surface area (Å²) in [5.74, 6) is 0.0556. The highest BCUT2D eigenvalue weighted by Crippen LogP contribution is 2.19. The van der Waals surface area contributed by atoms with Crippen molar-refractivity contribution in [1.29, 1.82) is 0 Å². The van der Waals surface area contributed by atoms with E-state index >= 15 is 0 Å². The number of carbonyl (C=O) groups excluding carboxylic acids is 1. The van der Waals surface area contributed by atoms with Crippen molar-refractivity contribution in [2.45, 2.75) is 76.0 Å². The molecule has 7 heteroatoms. The van der Waals surface area contributed by atoms with Crippen LogP contribution in [0.1, 0.15) is 82.3 Å². The summed E-state index contributed by atoms with van der Waals surface area (Å²) < 4.78 is 30.2. The van der Waals surface area contributed by atoms with Crippen molar-refractivity contribution in [1.82, 2.24) is 0 Å². The van der Waals surface area contributed by atoms with E-state index in [0.29, 0.717) is 24.3 Å². The number of sulfone groups is 1. The molecule has 6 nitrogen and oxygen atoms in total. The van der Waals surface area contributed by atoms with Gasteiger partial charge in [0.1, 0.15) is 0 Å². The largest absolute Gasteiger partial charge is 0.466 e. The summed E-state index contributed by atoms with van der Waals surface area (Å²) in [6.07, 6.45) is 12.4. The predicted molar refractivity (Wildman–Crippen MR) is 157 cm³/mol. The van der Waals surface area contributed by atoms with Gasteiger partial charge in [0.05, 0.1) is 17.3 Å². The molecule has 0 unspecified atom stereocenters. The van der Waals surface area contributed by atoms with E-state index in [0.717, 1.165) is 74.7 Å². The number of nitrogens with zero attached hydrogens (tertiary/aromatic N) is 1. The van der Waals surface area contributed by atoms with E-state index in [1.165, 1.54) is 0 Å². The van der Waals surface area contributed by atoms with Gasteiger partial charge >= 0.3 is 5.97 Å². The fourth-order valence-electron chi connectivity index (χ4n) is 4.02. The average molecular weight is 544 g/mol. The summed E-state index contributed by atoms with van der Waals surface area (Å²) in [4.78, 5) is 14.2. The fraction of sp³-hybridized carbons (Fsp3) is 0.516. The minimum Gasteiger partial charge on any atom is -0.466 e. The molecule has 0 spiro atoms. The molecule has 210 valence electrons. The molecule has 0 saturated carbocycles. The van der Waals surface area contributed by atoms with E-state index in [9.17, 15) is 13.2 Å². The highest BCUT2D eigenvalue weighted by Gasteiger charge is 2.13. The summed E-state index contributed by atoms with van der Waals surface area (Å²) in [5.41, 5.74) is 3.16. The van der Waals surface area contributed by atoms with Crippen molar-refractivity contribution in [3.05, 3.63) is 59.7 Å². The zero-order chi connectivity index (χ0) is 27.6. The third-order valence-electron chi connectivity index (χ3n) is 6.50. The predicted octanol–water partition coefficient (Wildman–Crippen LogP) is 6.52. The zero-order valence-electron chi connectivity index (χ0n) is 23.1. The van der Waals surface area contributed by atoms with Gasteiger partial charge < -0.3 is 14.7 Å². The van der Waals surface area contributed by atoms with Gasteiger partial charge in [-0.15, -0.1) is 0 Å². The van der Waals surface area contributed by atoms with Gasteiger partial charge in [0.15, 0.2) is 9.84 Å². The van der Waals surface area contributed by atoms with Gasteiger partial charge in [0.2, 0.25) is 0 Å². The van der Waals surface area contributed by atoms with E-state index in [2.05, 4.69) is 43.1 Å². The molecule has 0 aliphatic rings. The second-order valence-electron chi connectivity index (χ2n) is 9.76. The summed E-state index contributed by atoms with van der Waals surface area (Å²) in [6, 6.07) is 15.4. The normalized spacial score (nSPS) is 11.7. The minimum absolute atomic E-state index is 0.0855. The van der Waals surface area contributed by atoms with Crippen LogP contribution in [0.25, 0.3) is 12.2 Å². The number of anilines is 1. The lowest BCUT2D eigenvalue weighted by Crippen LogP contribution is -2.18. The lowest BCUT2D eigenvalue weighted by Gasteiger charge is -2.19. The Morgan fingerprint density at radius 1 is 0.842 bits per heavy atom. The number of hydrogen-bond acceptors (Lipinski definition) is 6. The zero-order valence-corrected chi connectivity index (χ0v) is 23.9. The van der Waals surface area contributed by atoms with Crippen molar-refractivity contribution >= 4 is 33.6 Å². The van der Waals surface area contributed by atoms with Crippen LogP contribution in [0, 0.1) is 0 Å². The van der Waals surface area contributed by atoms with E-state index in [1.807, 2.05) is 24.3 Å². The third kappa shape index (κ3) is 12.3. The Bertz CT molecular complexity index is 1060. The van der Waals surface area contributed by atoms with E-state index in [4.69, 9.17) is 9.84 Å². The molecule has 2 aromatic rings. The summed E-state index contributed by atoms with van der Waals surface area (Å²) >= 11 is 0. The van der Waals surface area contributed by atoms with Crippen molar-refractivity contribution in [3.63, 3.8) is 0 Å². The Balaban J connectivity index is 1.75. The molecule has 0 radical (unpaired) electrons. The second-order valence-corrected chi connectivity index (χ2v) is 11.9. The topological polar surface area (TPSA) is 83.9 Å². The highest BCUT2D eigenvalue weighted by molar-refractivity contribution is 7.91. The molecule has 0 fully saturated rings. The molecule has 0 amide bonds. The molecular weight excluding hydrogens is 498 g/mol. The Hall–Kier alpha value is -2.64. The fourth-order valence-corrected chi connectivity index (χ4v) is 5.39. The van der Waals surface area contributed by atoms with Gasteiger partial charge in [-0.3, -0.25) is 4.79 Å². The molecule has 0 aromatic heterocycles. The lowest BCUT2D eigenvalue weighted by atomic mass is 10.1. The Kier molecular flexibility index (Phi) is 14.8. The van der Waals surface area contributed by atoms with Crippen LogP contribution in [-0.2, 0) is 19.4 Å². The average Bonchev–Trinajstić information content (AvgIpc) is 2.92. The highest BCUT2D eigenvalue weighted by atomic mass is 32.2. The van der Waals surface area contributed by atoms with Crippen LogP contribution < -0.4 is 4.90 Å². The molecule has 2 rings (SSSR count). The van der Waals surface area contributed by atoms with E-state index in [-0.39, 0.29) is 18.3 Å². The maximum absolute atomic E-state index is 12.5. The number of aliphatic hydroxyl groups is 1. The molecule has 0 heterocycles. The third-order valence-corrected chi connectivity index (χ3v) is 8.31. The number of esters is 1. The van der Waals surface area contributed by atoms with Crippen molar-refractivity contribution in [2.24, 2.45) is 0 Å². The van der Waals surface area contributed by atoms with Crippen LogP contribution in [0.2, 0.25) is 0 Å². The number of benzene rings is 2. The van der Waals surface area contributed by atoms with Crippen LogP contribution in [0.3, 0.4) is 0 Å². The maximum Gasteiger partial charge on any atom is 0.305 e. The number of ether oxygens (including phenoxy) is 1. The van der Waals surface area contributed by atoms with Gasteiger partial charge in [-0.25, -0.2) is 8.42 Å². The Morgan fingerprint density at radius 2 is 1.45 bits per heavy atom. The molecule has 0 bridgehead atoms. The summed E-state index contributed by atoms with van der Waals surface area (Å²) in [5, 5.41) is 8.82. The van der Waals surface area contributed by atoms with Crippen LogP contribution >= 0.6 is 0 Å². The molecule has 0 saturated heterocycles. The van der Waals surface area contributed by atoms with Gasteiger partial charge in [0, 0.05) is 32.3 Å². The standard InChI is InChI=1S/C31H45NO5S/c1-3-4-25-37-31(34)12-8-7-9-23-32(2)29-19-15-27(16-20-29)13-14-28-17-21-30(22-18-28)38(35,36)26-11-6-5-10-24-33/h13-22,33H,3-12,23-26H2,1-2H3. The van der Waals surface area contributed by atoms with Gasteiger partial charge in [0.25, 0.3) is 0 Å². The van der Waals surface area contributed by atoms with Crippen molar-refractivity contribution < 1.29 is 23.1 Å². The monoisotopic (exact) mass is 543 g/mol. The molecule has 38 heavy (non-hydrogen) atoms. The molecule has 2 aromatic carbocycles. The molecule has 0 atom stereocenters. The van der Waals surface area contributed by atoms with Crippen molar-refractivity contribution in [2.75, 3.05) is 37.5 Å². The lowest BCUT2D eigenvalue weighted by molar-refractivity contribution is -0.143.